The van der Waals surface area contributed by atoms with Crippen molar-refractivity contribution in [2.75, 3.05) is 13.1 Å². The third-order valence-corrected chi connectivity index (χ3v) is 5.14. The number of hydrogen-bond donors (Lipinski definition) is 0. The molecule has 1 aliphatic heterocycles. The maximum absolute atomic E-state index is 12.4. The maximum Gasteiger partial charge on any atom is 0.227 e. The Kier molecular flexibility index (Phi) is 4.13. The molecular weight excluding hydrogens is 320 g/mol. The van der Waals surface area contributed by atoms with Crippen LogP contribution in [0.5, 0.6) is 0 Å². The fourth-order valence-electron chi connectivity index (χ4n) is 3.06. The van der Waals surface area contributed by atoms with Crippen molar-refractivity contribution in [3.05, 3.63) is 58.9 Å². The molecule has 0 aliphatic carbocycles. The van der Waals surface area contributed by atoms with Gasteiger partial charge in [0, 0.05) is 18.7 Å². The maximum atomic E-state index is 12.4. The van der Waals surface area contributed by atoms with Crippen molar-refractivity contribution in [1.82, 2.24) is 19.9 Å². The predicted octanol–water partition coefficient (Wildman–Crippen LogP) is 3.02. The average Bonchev–Trinajstić information content (AvgIpc) is 3.36. The zero-order chi connectivity index (χ0) is 16.4. The smallest absolute Gasteiger partial charge is 0.227 e. The highest BCUT2D eigenvalue weighted by Crippen LogP contribution is 2.24. The normalized spacial score (nSPS) is 17.3. The van der Waals surface area contributed by atoms with Gasteiger partial charge in [0.15, 0.2) is 0 Å². The number of hydrogen-bond acceptors (Lipinski definition) is 4. The van der Waals surface area contributed by atoms with E-state index in [1.165, 1.54) is 0 Å². The van der Waals surface area contributed by atoms with Crippen LogP contribution in [0.25, 0.3) is 11.3 Å². The Balaban J connectivity index is 1.42. The van der Waals surface area contributed by atoms with E-state index in [4.69, 9.17) is 0 Å². The molecule has 1 unspecified atom stereocenters. The van der Waals surface area contributed by atoms with Gasteiger partial charge in [0.1, 0.15) is 5.69 Å². The lowest BCUT2D eigenvalue weighted by atomic mass is 10.2. The van der Waals surface area contributed by atoms with E-state index < -0.39 is 0 Å². The van der Waals surface area contributed by atoms with E-state index >= 15 is 0 Å². The summed E-state index contributed by atoms with van der Waals surface area (Å²) in [7, 11) is 0. The number of aromatic nitrogens is 3. The number of benzene rings is 1. The summed E-state index contributed by atoms with van der Waals surface area (Å²) < 4.78 is 1.90. The van der Waals surface area contributed by atoms with E-state index in [2.05, 4.69) is 10.3 Å². The van der Waals surface area contributed by atoms with Gasteiger partial charge in [0.2, 0.25) is 5.91 Å². The Morgan fingerprint density at radius 3 is 2.92 bits per heavy atom. The Bertz CT molecular complexity index is 813. The summed E-state index contributed by atoms with van der Waals surface area (Å²) in [6.07, 6.45) is 3.39. The highest BCUT2D eigenvalue weighted by Gasteiger charge is 2.28. The van der Waals surface area contributed by atoms with Gasteiger partial charge in [-0.25, -0.2) is 4.68 Å². The minimum absolute atomic E-state index is 0.194. The summed E-state index contributed by atoms with van der Waals surface area (Å²) in [6.45, 7) is 1.49. The fourth-order valence-corrected chi connectivity index (χ4v) is 3.73. The first-order chi connectivity index (χ1) is 11.8. The Labute approximate surface area is 144 Å². The van der Waals surface area contributed by atoms with Crippen LogP contribution < -0.4 is 0 Å². The van der Waals surface area contributed by atoms with Crippen molar-refractivity contribution >= 4 is 17.2 Å². The Hall–Kier alpha value is -2.47. The van der Waals surface area contributed by atoms with Gasteiger partial charge in [0.25, 0.3) is 0 Å². The van der Waals surface area contributed by atoms with Gasteiger partial charge in [-0.1, -0.05) is 35.5 Å². The molecule has 1 aliphatic rings. The lowest BCUT2D eigenvalue weighted by molar-refractivity contribution is -0.129. The van der Waals surface area contributed by atoms with Gasteiger partial charge >= 0.3 is 0 Å². The standard InChI is InChI=1S/C18H18N4OS/c23-18(10-14-7-9-24-13-14)21-8-6-16(11-21)22-12-17(19-20-22)15-4-2-1-3-5-15/h1-5,7,9,12-13,16H,6,8,10-11H2. The van der Waals surface area contributed by atoms with Gasteiger partial charge in [-0.3, -0.25) is 4.79 Å². The van der Waals surface area contributed by atoms with Crippen LogP contribution in [-0.2, 0) is 11.2 Å². The van der Waals surface area contributed by atoms with Gasteiger partial charge in [0.05, 0.1) is 18.7 Å². The molecule has 6 heteroatoms. The van der Waals surface area contributed by atoms with E-state index in [0.717, 1.165) is 29.8 Å². The summed E-state index contributed by atoms with van der Waals surface area (Å²) in [5.41, 5.74) is 3.03. The van der Waals surface area contributed by atoms with E-state index in [1.54, 1.807) is 11.3 Å². The zero-order valence-corrected chi connectivity index (χ0v) is 14.0. The average molecular weight is 338 g/mol. The first-order valence-corrected chi connectivity index (χ1v) is 9.00. The van der Waals surface area contributed by atoms with E-state index in [0.29, 0.717) is 13.0 Å². The monoisotopic (exact) mass is 338 g/mol. The summed E-state index contributed by atoms with van der Waals surface area (Å²) in [5, 5.41) is 12.6. The number of carbonyl (C=O) groups is 1. The van der Waals surface area contributed by atoms with Gasteiger partial charge in [-0.15, -0.1) is 5.10 Å². The van der Waals surface area contributed by atoms with Crippen LogP contribution in [0.1, 0.15) is 18.0 Å². The lowest BCUT2D eigenvalue weighted by Gasteiger charge is -2.16. The first-order valence-electron chi connectivity index (χ1n) is 8.06. The van der Waals surface area contributed by atoms with Crippen molar-refractivity contribution in [2.24, 2.45) is 0 Å². The highest BCUT2D eigenvalue weighted by molar-refractivity contribution is 7.08. The Morgan fingerprint density at radius 2 is 2.12 bits per heavy atom. The predicted molar refractivity (Wildman–Crippen MR) is 93.7 cm³/mol. The molecule has 1 aromatic carbocycles. The zero-order valence-electron chi connectivity index (χ0n) is 13.2. The largest absolute Gasteiger partial charge is 0.340 e. The van der Waals surface area contributed by atoms with Crippen LogP contribution in [0.2, 0.25) is 0 Å². The number of amides is 1. The van der Waals surface area contributed by atoms with Crippen LogP contribution in [0, 0.1) is 0 Å². The van der Waals surface area contributed by atoms with Crippen LogP contribution in [-0.4, -0.2) is 38.9 Å². The second-order valence-electron chi connectivity index (χ2n) is 6.04. The van der Waals surface area contributed by atoms with Gasteiger partial charge in [-0.05, 0) is 28.8 Å². The van der Waals surface area contributed by atoms with Crippen LogP contribution in [0.3, 0.4) is 0 Å². The molecule has 4 rings (SSSR count). The molecule has 0 saturated carbocycles. The molecule has 2 aromatic heterocycles. The molecule has 0 spiro atoms. The van der Waals surface area contributed by atoms with Crippen molar-refractivity contribution in [3.8, 4) is 11.3 Å². The summed E-state index contributed by atoms with van der Waals surface area (Å²) in [4.78, 5) is 14.3. The topological polar surface area (TPSA) is 51.0 Å². The molecule has 0 N–H and O–H groups in total. The van der Waals surface area contributed by atoms with Gasteiger partial charge < -0.3 is 4.90 Å². The van der Waals surface area contributed by atoms with Crippen molar-refractivity contribution in [1.29, 1.82) is 0 Å². The summed E-state index contributed by atoms with van der Waals surface area (Å²) in [5.74, 6) is 0.194. The SMILES string of the molecule is O=C(Cc1ccsc1)N1CCC(n2cc(-c3ccccc3)nn2)C1. The quantitative estimate of drug-likeness (QED) is 0.735. The molecule has 122 valence electrons. The number of thiophene rings is 1. The minimum atomic E-state index is 0.194. The second kappa shape index (κ2) is 6.57. The molecule has 24 heavy (non-hydrogen) atoms. The number of likely N-dealkylation sites (tertiary alicyclic amines) is 1. The van der Waals surface area contributed by atoms with Crippen LogP contribution >= 0.6 is 11.3 Å². The fraction of sp³-hybridized carbons (Fsp3) is 0.278. The molecule has 3 heterocycles. The molecule has 1 saturated heterocycles. The Morgan fingerprint density at radius 1 is 1.25 bits per heavy atom. The van der Waals surface area contributed by atoms with Crippen LogP contribution in [0.15, 0.2) is 53.4 Å². The number of rotatable bonds is 4. The highest BCUT2D eigenvalue weighted by atomic mass is 32.1. The number of nitrogens with zero attached hydrogens (tertiary/aromatic N) is 4. The molecule has 1 atom stereocenters. The molecular formula is C18H18N4OS. The van der Waals surface area contributed by atoms with Crippen molar-refractivity contribution in [2.45, 2.75) is 18.9 Å². The number of carbonyl (C=O) groups excluding carboxylic acids is 1. The minimum Gasteiger partial charge on any atom is -0.340 e. The first kappa shape index (κ1) is 15.1. The molecule has 3 aromatic rings. The second-order valence-corrected chi connectivity index (χ2v) is 6.82. The summed E-state index contributed by atoms with van der Waals surface area (Å²) >= 11 is 1.63. The molecule has 1 amide bonds. The van der Waals surface area contributed by atoms with E-state index in [-0.39, 0.29) is 11.9 Å². The molecule has 1 fully saturated rings. The molecule has 0 radical (unpaired) electrons. The van der Waals surface area contributed by atoms with Crippen molar-refractivity contribution < 1.29 is 4.79 Å². The summed E-state index contributed by atoms with van der Waals surface area (Å²) in [6, 6.07) is 12.3. The van der Waals surface area contributed by atoms with Gasteiger partial charge in [-0.2, -0.15) is 11.3 Å². The molecule has 0 bridgehead atoms. The van der Waals surface area contributed by atoms with Crippen molar-refractivity contribution in [3.63, 3.8) is 0 Å². The molecule has 5 nitrogen and oxygen atoms in total. The van der Waals surface area contributed by atoms with Crippen LogP contribution in [0.4, 0.5) is 0 Å². The lowest BCUT2D eigenvalue weighted by Crippen LogP contribution is -2.30. The third-order valence-electron chi connectivity index (χ3n) is 4.41. The van der Waals surface area contributed by atoms with E-state index in [1.807, 2.05) is 62.9 Å². The van der Waals surface area contributed by atoms with E-state index in [9.17, 15) is 4.79 Å². The third kappa shape index (κ3) is 3.10.